The predicted molar refractivity (Wildman–Crippen MR) is 54.7 cm³/mol. The van der Waals surface area contributed by atoms with E-state index in [2.05, 4.69) is 18.7 Å². The quantitative estimate of drug-likeness (QED) is 0.707. The van der Waals surface area contributed by atoms with Gasteiger partial charge in [0.15, 0.2) is 0 Å². The molecule has 1 aliphatic rings. The van der Waals surface area contributed by atoms with Crippen molar-refractivity contribution in [3.05, 3.63) is 0 Å². The van der Waals surface area contributed by atoms with Gasteiger partial charge in [0, 0.05) is 25.2 Å². The van der Waals surface area contributed by atoms with E-state index in [-0.39, 0.29) is 0 Å². The lowest BCUT2D eigenvalue weighted by Crippen LogP contribution is -2.51. The fraction of sp³-hybridized carbons (Fsp3) is 1.00. The predicted octanol–water partition coefficient (Wildman–Crippen LogP) is 0.834. The van der Waals surface area contributed by atoms with Crippen LogP contribution < -0.4 is 5.73 Å². The third kappa shape index (κ3) is 2.93. The van der Waals surface area contributed by atoms with Crippen molar-refractivity contribution in [3.8, 4) is 0 Å². The first-order chi connectivity index (χ1) is 6.29. The summed E-state index contributed by atoms with van der Waals surface area (Å²) in [6.45, 7) is 7.98. The second-order valence-corrected chi connectivity index (χ2v) is 3.84. The van der Waals surface area contributed by atoms with Crippen molar-refractivity contribution in [3.63, 3.8) is 0 Å². The number of nitrogens with two attached hydrogens (primary N) is 1. The molecule has 2 unspecified atom stereocenters. The molecule has 0 radical (unpaired) electrons. The smallest absolute Gasteiger partial charge is 0.0619 e. The van der Waals surface area contributed by atoms with Gasteiger partial charge in [0.2, 0.25) is 0 Å². The number of rotatable bonds is 4. The lowest BCUT2D eigenvalue weighted by Gasteiger charge is -2.39. The molecule has 2 atom stereocenters. The average Bonchev–Trinajstić information content (AvgIpc) is 2.16. The average molecular weight is 186 g/mol. The van der Waals surface area contributed by atoms with Crippen molar-refractivity contribution in [1.29, 1.82) is 0 Å². The van der Waals surface area contributed by atoms with E-state index in [0.29, 0.717) is 12.1 Å². The highest BCUT2D eigenvalue weighted by Gasteiger charge is 2.24. The molecule has 0 aromatic rings. The highest BCUT2D eigenvalue weighted by molar-refractivity contribution is 4.79. The molecule has 2 N–H and O–H groups in total. The highest BCUT2D eigenvalue weighted by atomic mass is 16.5. The van der Waals surface area contributed by atoms with Crippen molar-refractivity contribution in [2.75, 3.05) is 26.3 Å². The lowest BCUT2D eigenvalue weighted by molar-refractivity contribution is -0.0218. The first kappa shape index (κ1) is 11.0. The van der Waals surface area contributed by atoms with Gasteiger partial charge in [-0.2, -0.15) is 0 Å². The molecule has 1 aliphatic heterocycles. The molecule has 1 fully saturated rings. The Balaban J connectivity index is 2.44. The Morgan fingerprint density at radius 3 is 2.92 bits per heavy atom. The minimum Gasteiger partial charge on any atom is -0.379 e. The van der Waals surface area contributed by atoms with Gasteiger partial charge in [-0.1, -0.05) is 13.3 Å². The molecule has 1 rings (SSSR count). The second kappa shape index (κ2) is 5.58. The molecule has 0 aliphatic carbocycles. The van der Waals surface area contributed by atoms with Crippen molar-refractivity contribution in [2.24, 2.45) is 5.73 Å². The minimum atomic E-state index is 0.536. The van der Waals surface area contributed by atoms with Crippen LogP contribution in [0.25, 0.3) is 0 Å². The Morgan fingerprint density at radius 1 is 1.62 bits per heavy atom. The summed E-state index contributed by atoms with van der Waals surface area (Å²) in [4.78, 5) is 2.49. The summed E-state index contributed by atoms with van der Waals surface area (Å²) >= 11 is 0. The van der Waals surface area contributed by atoms with Gasteiger partial charge < -0.3 is 10.5 Å². The summed E-state index contributed by atoms with van der Waals surface area (Å²) in [5.41, 5.74) is 5.77. The molecule has 1 heterocycles. The van der Waals surface area contributed by atoms with Gasteiger partial charge in [-0.25, -0.2) is 0 Å². The fourth-order valence-electron chi connectivity index (χ4n) is 2.03. The van der Waals surface area contributed by atoms with Gasteiger partial charge in [-0.05, 0) is 13.3 Å². The summed E-state index contributed by atoms with van der Waals surface area (Å²) < 4.78 is 5.40. The zero-order valence-electron chi connectivity index (χ0n) is 8.83. The zero-order chi connectivity index (χ0) is 9.68. The first-order valence-corrected chi connectivity index (χ1v) is 5.33. The molecule has 1 saturated heterocycles. The summed E-state index contributed by atoms with van der Waals surface area (Å²) in [6.07, 6.45) is 2.42. The van der Waals surface area contributed by atoms with E-state index in [0.717, 1.165) is 26.3 Å². The SMILES string of the molecule is CCCC(CN)N1CCOCC1C. The van der Waals surface area contributed by atoms with E-state index in [4.69, 9.17) is 10.5 Å². The van der Waals surface area contributed by atoms with Crippen LogP contribution in [0.1, 0.15) is 26.7 Å². The Hall–Kier alpha value is -0.120. The highest BCUT2D eigenvalue weighted by Crippen LogP contribution is 2.13. The van der Waals surface area contributed by atoms with Crippen LogP contribution in [0.3, 0.4) is 0 Å². The molecule has 0 aromatic heterocycles. The van der Waals surface area contributed by atoms with Crippen LogP contribution in [-0.2, 0) is 4.74 Å². The van der Waals surface area contributed by atoms with Crippen LogP contribution in [0, 0.1) is 0 Å². The fourth-order valence-corrected chi connectivity index (χ4v) is 2.03. The molecule has 0 spiro atoms. The van der Waals surface area contributed by atoms with Crippen LogP contribution in [0.4, 0.5) is 0 Å². The van der Waals surface area contributed by atoms with Gasteiger partial charge in [0.1, 0.15) is 0 Å². The lowest BCUT2D eigenvalue weighted by atomic mass is 10.1. The topological polar surface area (TPSA) is 38.5 Å². The molecule has 78 valence electrons. The van der Waals surface area contributed by atoms with Gasteiger partial charge in [-0.15, -0.1) is 0 Å². The van der Waals surface area contributed by atoms with E-state index >= 15 is 0 Å². The molecule has 0 aromatic carbocycles. The molecule has 0 saturated carbocycles. The second-order valence-electron chi connectivity index (χ2n) is 3.84. The summed E-state index contributed by atoms with van der Waals surface area (Å²) in [7, 11) is 0. The Morgan fingerprint density at radius 2 is 2.38 bits per heavy atom. The van der Waals surface area contributed by atoms with Crippen LogP contribution in [0.2, 0.25) is 0 Å². The standard InChI is InChI=1S/C10H22N2O/c1-3-4-10(7-11)12-5-6-13-8-9(12)2/h9-10H,3-8,11H2,1-2H3. The Bertz CT molecular complexity index is 141. The number of ether oxygens (including phenoxy) is 1. The maximum atomic E-state index is 5.77. The largest absolute Gasteiger partial charge is 0.379 e. The number of nitrogens with zero attached hydrogens (tertiary/aromatic N) is 1. The van der Waals surface area contributed by atoms with Gasteiger partial charge in [0.25, 0.3) is 0 Å². The maximum absolute atomic E-state index is 5.77. The van der Waals surface area contributed by atoms with Crippen LogP contribution in [-0.4, -0.2) is 43.3 Å². The molecule has 0 amide bonds. The zero-order valence-corrected chi connectivity index (χ0v) is 8.83. The Labute approximate surface area is 81.2 Å². The maximum Gasteiger partial charge on any atom is 0.0619 e. The van der Waals surface area contributed by atoms with E-state index in [1.807, 2.05) is 0 Å². The van der Waals surface area contributed by atoms with Gasteiger partial charge in [-0.3, -0.25) is 4.90 Å². The van der Waals surface area contributed by atoms with E-state index in [1.165, 1.54) is 12.8 Å². The van der Waals surface area contributed by atoms with E-state index in [9.17, 15) is 0 Å². The number of morpholine rings is 1. The molecule has 0 bridgehead atoms. The molecular weight excluding hydrogens is 164 g/mol. The molecule has 3 heteroatoms. The first-order valence-electron chi connectivity index (χ1n) is 5.33. The van der Waals surface area contributed by atoms with Crippen LogP contribution >= 0.6 is 0 Å². The van der Waals surface area contributed by atoms with E-state index < -0.39 is 0 Å². The minimum absolute atomic E-state index is 0.536. The summed E-state index contributed by atoms with van der Waals surface area (Å²) in [6, 6.07) is 1.10. The summed E-state index contributed by atoms with van der Waals surface area (Å²) in [5.74, 6) is 0. The van der Waals surface area contributed by atoms with Crippen molar-refractivity contribution in [1.82, 2.24) is 4.90 Å². The van der Waals surface area contributed by atoms with Gasteiger partial charge in [0.05, 0.1) is 13.2 Å². The van der Waals surface area contributed by atoms with Crippen LogP contribution in [0.5, 0.6) is 0 Å². The van der Waals surface area contributed by atoms with Crippen LogP contribution in [0.15, 0.2) is 0 Å². The molecular formula is C10H22N2O. The number of hydrogen-bond acceptors (Lipinski definition) is 3. The van der Waals surface area contributed by atoms with Crippen molar-refractivity contribution >= 4 is 0 Å². The van der Waals surface area contributed by atoms with Crippen molar-refractivity contribution in [2.45, 2.75) is 38.8 Å². The van der Waals surface area contributed by atoms with E-state index in [1.54, 1.807) is 0 Å². The summed E-state index contributed by atoms with van der Waals surface area (Å²) in [5, 5.41) is 0. The monoisotopic (exact) mass is 186 g/mol. The molecule has 13 heavy (non-hydrogen) atoms. The normalized spacial score (nSPS) is 27.5. The Kier molecular flexibility index (Phi) is 4.70. The third-order valence-electron chi connectivity index (χ3n) is 2.78. The van der Waals surface area contributed by atoms with Gasteiger partial charge >= 0.3 is 0 Å². The van der Waals surface area contributed by atoms with Crippen molar-refractivity contribution < 1.29 is 4.74 Å². The third-order valence-corrected chi connectivity index (χ3v) is 2.78. The molecule has 3 nitrogen and oxygen atoms in total. The number of hydrogen-bond donors (Lipinski definition) is 1.